The predicted molar refractivity (Wildman–Crippen MR) is 226 cm³/mol. The minimum absolute atomic E-state index is 0.00142. The number of carbonyl (C=O) groups is 4. The largest absolute Gasteiger partial charge is 0.467 e. The van der Waals surface area contributed by atoms with Crippen LogP contribution in [0, 0.1) is 39.4 Å². The number of rotatable bonds is 12. The first-order valence-electron chi connectivity index (χ1n) is 22.4. The van der Waals surface area contributed by atoms with Crippen LogP contribution in [0.1, 0.15) is 138 Å². The predicted octanol–water partition coefficient (Wildman–Crippen LogP) is 4.97. The van der Waals surface area contributed by atoms with E-state index in [4.69, 9.17) is 18.9 Å². The third kappa shape index (κ3) is 8.60. The average Bonchev–Trinajstić information content (AvgIpc) is 3.45. The Balaban J connectivity index is 1.15. The highest BCUT2D eigenvalue weighted by molar-refractivity contribution is 5.86. The van der Waals surface area contributed by atoms with Gasteiger partial charge in [0.15, 0.2) is 18.4 Å². The summed E-state index contributed by atoms with van der Waals surface area (Å²) in [5.41, 5.74) is -2.21. The molecule has 0 bridgehead atoms. The minimum Gasteiger partial charge on any atom is -0.467 e. The van der Waals surface area contributed by atoms with E-state index in [2.05, 4.69) is 26.1 Å². The Bertz CT molecular complexity index is 1890. The van der Waals surface area contributed by atoms with Gasteiger partial charge in [-0.15, -0.1) is 0 Å². The van der Waals surface area contributed by atoms with Crippen LogP contribution in [-0.4, -0.2) is 104 Å². The second-order valence-corrected chi connectivity index (χ2v) is 21.2. The molecule has 62 heavy (non-hydrogen) atoms. The van der Waals surface area contributed by atoms with Gasteiger partial charge in [-0.05, 0) is 100 Å². The van der Waals surface area contributed by atoms with Gasteiger partial charge < -0.3 is 49.8 Å². The number of allylic oxidation sites excluding steroid dienone is 1. The van der Waals surface area contributed by atoms with Crippen LogP contribution in [0.3, 0.4) is 0 Å². The first-order chi connectivity index (χ1) is 28.7. The molecule has 1 aromatic carbocycles. The maximum absolute atomic E-state index is 13.7. The standard InChI is InChI=1S/C48H71NO13/c1-26(50)60-39(27-14-12-11-13-15-27)38(42(56)59-10)49-36(53)24-45(6,58)25-37(54)62-40-32(51)23-46(7)31-22-34(52)48(9)29(28-16-19-35(44(4,5)57)61-41(28)55)20-21-47(48,8)30(31)17-18-33(46)43(40,2)3/h11-15,28-29,32-35,38-41,51-52,55,57-58H,16-25H2,1-10H3,(H,49,53)/t28-,29-,32-,33+,34+,35-,38+,39+,40+,41-,45-,46-,47+,48+/m1/s1. The quantitative estimate of drug-likeness (QED) is 0.0931. The summed E-state index contributed by atoms with van der Waals surface area (Å²) < 4.78 is 22.4. The summed E-state index contributed by atoms with van der Waals surface area (Å²) in [7, 11) is 1.13. The first-order valence-corrected chi connectivity index (χ1v) is 22.4. The number of hydrogen-bond donors (Lipinski definition) is 6. The van der Waals surface area contributed by atoms with Crippen LogP contribution in [0.4, 0.5) is 0 Å². The molecule has 14 nitrogen and oxygen atoms in total. The van der Waals surface area contributed by atoms with E-state index in [1.54, 1.807) is 44.2 Å². The summed E-state index contributed by atoms with van der Waals surface area (Å²) >= 11 is 0. The summed E-state index contributed by atoms with van der Waals surface area (Å²) in [6.45, 7) is 16.5. The van der Waals surface area contributed by atoms with Gasteiger partial charge in [0.25, 0.3) is 0 Å². The second-order valence-electron chi connectivity index (χ2n) is 21.2. The third-order valence-electron chi connectivity index (χ3n) is 16.3. The zero-order valence-corrected chi connectivity index (χ0v) is 38.2. The van der Waals surface area contributed by atoms with Gasteiger partial charge in [-0.2, -0.15) is 0 Å². The van der Waals surface area contributed by atoms with Gasteiger partial charge in [0, 0.05) is 23.7 Å². The Labute approximate surface area is 366 Å². The fourth-order valence-electron chi connectivity index (χ4n) is 13.2. The number of benzene rings is 1. The SMILES string of the molecule is COC(=O)[C@@H](NC(=O)C[C@@](C)(O)CC(=O)O[C@H]1[C@H](O)C[C@]2(C)C3=C(CC[C@H]2C1(C)C)[C@]1(C)CC[C@H]([C@H]2CC[C@H](C(C)(C)O)O[C@H]2O)[C@@]1(C)[C@@H](O)C3)[C@@H](OC(C)=O)c1ccccc1. The minimum atomic E-state index is -1.93. The number of fused-ring (bicyclic) bond motifs is 4. The lowest BCUT2D eigenvalue weighted by Gasteiger charge is -2.64. The molecule has 1 heterocycles. The van der Waals surface area contributed by atoms with Gasteiger partial charge in [0.05, 0.1) is 49.5 Å². The number of nitrogens with one attached hydrogen (secondary N) is 1. The lowest BCUT2D eigenvalue weighted by atomic mass is 9.42. The smallest absolute Gasteiger partial charge is 0.332 e. The van der Waals surface area contributed by atoms with Crippen molar-refractivity contribution in [2.75, 3.05) is 7.11 Å². The zero-order chi connectivity index (χ0) is 46.0. The van der Waals surface area contributed by atoms with Gasteiger partial charge in [-0.25, -0.2) is 4.79 Å². The topological polar surface area (TPSA) is 218 Å². The molecule has 1 aliphatic heterocycles. The van der Waals surface area contributed by atoms with Crippen LogP contribution >= 0.6 is 0 Å². The second kappa shape index (κ2) is 17.2. The molecule has 1 amide bonds. The van der Waals surface area contributed by atoms with Gasteiger partial charge >= 0.3 is 17.9 Å². The molecule has 0 unspecified atom stereocenters. The zero-order valence-electron chi connectivity index (χ0n) is 38.2. The number of methoxy groups -OCH3 is 1. The van der Waals surface area contributed by atoms with Gasteiger partial charge in [0.1, 0.15) is 6.10 Å². The highest BCUT2D eigenvalue weighted by Crippen LogP contribution is 2.73. The maximum Gasteiger partial charge on any atom is 0.332 e. The Morgan fingerprint density at radius 2 is 1.58 bits per heavy atom. The van der Waals surface area contributed by atoms with Crippen LogP contribution in [0.15, 0.2) is 41.5 Å². The molecule has 6 N–H and O–H groups in total. The highest BCUT2D eigenvalue weighted by atomic mass is 16.6. The molecular formula is C48H71NO13. The van der Waals surface area contributed by atoms with Crippen molar-refractivity contribution in [2.24, 2.45) is 39.4 Å². The number of carbonyl (C=O) groups excluding carboxylic acids is 4. The Kier molecular flexibility index (Phi) is 13.3. The number of hydrogen-bond acceptors (Lipinski definition) is 13. The highest BCUT2D eigenvalue weighted by Gasteiger charge is 2.68. The molecule has 2 saturated carbocycles. The average molecular weight is 870 g/mol. The summed E-state index contributed by atoms with van der Waals surface area (Å²) in [6.07, 6.45) is -1.38. The van der Waals surface area contributed by atoms with Gasteiger partial charge in [-0.1, -0.05) is 76.1 Å². The summed E-state index contributed by atoms with van der Waals surface area (Å²) in [6, 6.07) is 6.91. The van der Waals surface area contributed by atoms with E-state index >= 15 is 0 Å². The van der Waals surface area contributed by atoms with Crippen LogP contribution in [0.2, 0.25) is 0 Å². The van der Waals surface area contributed by atoms with Crippen molar-refractivity contribution in [1.82, 2.24) is 5.32 Å². The number of aliphatic hydroxyl groups excluding tert-OH is 3. The molecule has 0 aromatic heterocycles. The molecule has 3 fully saturated rings. The van der Waals surface area contributed by atoms with Crippen molar-refractivity contribution in [3.05, 3.63) is 47.0 Å². The Hall–Kier alpha value is -3.40. The molecule has 14 heteroatoms. The normalized spacial score (nSPS) is 37.3. The van der Waals surface area contributed by atoms with Crippen molar-refractivity contribution >= 4 is 23.8 Å². The summed E-state index contributed by atoms with van der Waals surface area (Å²) in [5.74, 6) is -3.39. The van der Waals surface area contributed by atoms with Crippen molar-refractivity contribution in [3.63, 3.8) is 0 Å². The number of aliphatic hydroxyl groups is 5. The molecule has 1 aromatic rings. The monoisotopic (exact) mass is 869 g/mol. The molecule has 6 rings (SSSR count). The lowest BCUT2D eigenvalue weighted by Crippen LogP contribution is -2.62. The molecule has 0 spiro atoms. The van der Waals surface area contributed by atoms with Crippen LogP contribution in [-0.2, 0) is 38.1 Å². The Morgan fingerprint density at radius 1 is 0.919 bits per heavy atom. The number of amides is 1. The Morgan fingerprint density at radius 3 is 2.18 bits per heavy atom. The van der Waals surface area contributed by atoms with Crippen LogP contribution < -0.4 is 5.32 Å². The maximum atomic E-state index is 13.7. The van der Waals surface area contributed by atoms with E-state index in [1.165, 1.54) is 25.0 Å². The summed E-state index contributed by atoms with van der Waals surface area (Å²) in [5, 5.41) is 60.1. The van der Waals surface area contributed by atoms with Gasteiger partial charge in [-0.3, -0.25) is 14.4 Å². The van der Waals surface area contributed by atoms with Crippen molar-refractivity contribution in [1.29, 1.82) is 0 Å². The van der Waals surface area contributed by atoms with E-state index in [0.29, 0.717) is 31.2 Å². The van der Waals surface area contributed by atoms with Crippen LogP contribution in [0.5, 0.6) is 0 Å². The van der Waals surface area contributed by atoms with Crippen molar-refractivity contribution in [2.45, 2.75) is 181 Å². The molecule has 14 atom stereocenters. The van der Waals surface area contributed by atoms with E-state index in [9.17, 15) is 44.7 Å². The fraction of sp³-hybridized carbons (Fsp3) is 0.750. The van der Waals surface area contributed by atoms with Gasteiger partial charge in [0.2, 0.25) is 5.91 Å². The molecule has 5 aliphatic rings. The molecule has 4 aliphatic carbocycles. The molecule has 346 valence electrons. The van der Waals surface area contributed by atoms with E-state index in [1.807, 2.05) is 13.8 Å². The van der Waals surface area contributed by atoms with E-state index < -0.39 is 107 Å². The molecule has 1 saturated heterocycles. The van der Waals surface area contributed by atoms with Crippen molar-refractivity contribution in [3.8, 4) is 0 Å². The fourth-order valence-corrected chi connectivity index (χ4v) is 13.2. The van der Waals surface area contributed by atoms with E-state index in [0.717, 1.165) is 32.8 Å². The molecule has 0 radical (unpaired) electrons. The van der Waals surface area contributed by atoms with E-state index in [-0.39, 0.29) is 23.2 Å². The summed E-state index contributed by atoms with van der Waals surface area (Å²) in [4.78, 5) is 51.9. The van der Waals surface area contributed by atoms with Crippen molar-refractivity contribution < 1.29 is 63.7 Å². The van der Waals surface area contributed by atoms with Crippen LogP contribution in [0.25, 0.3) is 0 Å². The lowest BCUT2D eigenvalue weighted by molar-refractivity contribution is -0.251. The molecular weight excluding hydrogens is 799 g/mol. The third-order valence-corrected chi connectivity index (χ3v) is 16.3. The number of esters is 3. The first kappa shape index (κ1) is 48.1. The number of ether oxygens (including phenoxy) is 4.